The number of anilines is 1. The zero-order chi connectivity index (χ0) is 18.1. The van der Waals surface area contributed by atoms with Gasteiger partial charge in [0.05, 0.1) is 11.2 Å². The molecule has 5 heteroatoms. The molecular weight excluding hydrogens is 326 g/mol. The van der Waals surface area contributed by atoms with E-state index in [4.69, 9.17) is 0 Å². The summed E-state index contributed by atoms with van der Waals surface area (Å²) in [5.74, 6) is -0.273. The van der Waals surface area contributed by atoms with Crippen LogP contribution in [0.3, 0.4) is 0 Å². The van der Waals surface area contributed by atoms with Gasteiger partial charge in [0.2, 0.25) is 5.91 Å². The first-order valence-corrected chi connectivity index (χ1v) is 8.39. The van der Waals surface area contributed by atoms with Crippen molar-refractivity contribution in [2.24, 2.45) is 0 Å². The average Bonchev–Trinajstić information content (AvgIpc) is 2.91. The highest BCUT2D eigenvalue weighted by atomic mass is 16.2. The van der Waals surface area contributed by atoms with E-state index in [9.17, 15) is 9.59 Å². The van der Waals surface area contributed by atoms with Crippen LogP contribution in [-0.2, 0) is 4.79 Å². The molecule has 0 bridgehead atoms. The van der Waals surface area contributed by atoms with Gasteiger partial charge < -0.3 is 10.2 Å². The molecule has 128 valence electrons. The van der Waals surface area contributed by atoms with Crippen LogP contribution in [0, 0.1) is 0 Å². The van der Waals surface area contributed by atoms with Crippen molar-refractivity contribution in [1.29, 1.82) is 0 Å². The van der Waals surface area contributed by atoms with Crippen molar-refractivity contribution in [3.05, 3.63) is 78.5 Å². The van der Waals surface area contributed by atoms with Gasteiger partial charge in [-0.15, -0.1) is 0 Å². The van der Waals surface area contributed by atoms with Gasteiger partial charge in [0.1, 0.15) is 0 Å². The summed E-state index contributed by atoms with van der Waals surface area (Å²) in [4.78, 5) is 30.8. The van der Waals surface area contributed by atoms with Gasteiger partial charge in [-0.05, 0) is 18.2 Å². The Balaban J connectivity index is 1.45. The molecule has 0 saturated heterocycles. The van der Waals surface area contributed by atoms with Crippen molar-refractivity contribution in [3.8, 4) is 0 Å². The molecule has 1 N–H and O–H groups in total. The number of carbonyl (C=O) groups is 2. The van der Waals surface area contributed by atoms with Gasteiger partial charge in [0, 0.05) is 41.4 Å². The standard InChI is InChI=1S/C21H17N3O2/c1-14-16-8-2-3-9-17(16)21(26)24(14)13-11-19(25)23-18-10-4-6-15-7-5-12-22-20(15)18/h2-10,12H,1,11,13H2,(H,23,25). The topological polar surface area (TPSA) is 62.3 Å². The van der Waals surface area contributed by atoms with Crippen LogP contribution in [0.1, 0.15) is 22.3 Å². The third-order valence-electron chi connectivity index (χ3n) is 4.51. The van der Waals surface area contributed by atoms with Crippen LogP contribution < -0.4 is 5.32 Å². The molecule has 0 aliphatic carbocycles. The third kappa shape index (κ3) is 2.73. The smallest absolute Gasteiger partial charge is 0.258 e. The Labute approximate surface area is 151 Å². The quantitative estimate of drug-likeness (QED) is 0.786. The molecule has 1 aromatic heterocycles. The predicted octanol–water partition coefficient (Wildman–Crippen LogP) is 3.69. The molecule has 1 aliphatic heterocycles. The van der Waals surface area contributed by atoms with E-state index in [0.29, 0.717) is 16.9 Å². The lowest BCUT2D eigenvalue weighted by atomic mass is 10.1. The number of fused-ring (bicyclic) bond motifs is 2. The monoisotopic (exact) mass is 343 g/mol. The molecule has 5 nitrogen and oxygen atoms in total. The Morgan fingerprint density at radius 1 is 1.04 bits per heavy atom. The van der Waals surface area contributed by atoms with Gasteiger partial charge in [-0.25, -0.2) is 0 Å². The van der Waals surface area contributed by atoms with E-state index in [2.05, 4.69) is 16.9 Å². The van der Waals surface area contributed by atoms with Crippen molar-refractivity contribution in [2.45, 2.75) is 6.42 Å². The van der Waals surface area contributed by atoms with Crippen LogP contribution >= 0.6 is 0 Å². The Hall–Kier alpha value is -3.47. The zero-order valence-electron chi connectivity index (χ0n) is 14.1. The van der Waals surface area contributed by atoms with Crippen LogP contribution in [0.25, 0.3) is 16.6 Å². The van der Waals surface area contributed by atoms with Gasteiger partial charge in [-0.3, -0.25) is 14.6 Å². The van der Waals surface area contributed by atoms with Crippen molar-refractivity contribution >= 4 is 34.1 Å². The second kappa shape index (κ2) is 6.44. The lowest BCUT2D eigenvalue weighted by molar-refractivity contribution is -0.116. The molecule has 0 unspecified atom stereocenters. The highest BCUT2D eigenvalue weighted by Crippen LogP contribution is 2.31. The van der Waals surface area contributed by atoms with Crippen molar-refractivity contribution in [2.75, 3.05) is 11.9 Å². The van der Waals surface area contributed by atoms with Crippen LogP contribution in [0.2, 0.25) is 0 Å². The Morgan fingerprint density at radius 2 is 1.81 bits per heavy atom. The molecule has 26 heavy (non-hydrogen) atoms. The molecule has 0 spiro atoms. The van der Waals surface area contributed by atoms with E-state index < -0.39 is 0 Å². The number of rotatable bonds is 4. The van der Waals surface area contributed by atoms with E-state index in [-0.39, 0.29) is 24.8 Å². The molecule has 0 saturated carbocycles. The fourth-order valence-corrected chi connectivity index (χ4v) is 3.20. The summed E-state index contributed by atoms with van der Waals surface area (Å²) in [5.41, 5.74) is 3.53. The number of amides is 2. The first kappa shape index (κ1) is 16.0. The average molecular weight is 343 g/mol. The Morgan fingerprint density at radius 3 is 2.62 bits per heavy atom. The van der Waals surface area contributed by atoms with Crippen molar-refractivity contribution < 1.29 is 9.59 Å². The summed E-state index contributed by atoms with van der Waals surface area (Å²) in [6.45, 7) is 4.28. The number of nitrogens with one attached hydrogen (secondary N) is 1. The van der Waals surface area contributed by atoms with Crippen LogP contribution in [0.5, 0.6) is 0 Å². The number of pyridine rings is 1. The maximum absolute atomic E-state index is 12.5. The molecule has 2 aromatic carbocycles. The number of carbonyl (C=O) groups excluding carboxylic acids is 2. The molecule has 3 aromatic rings. The summed E-state index contributed by atoms with van der Waals surface area (Å²) in [5, 5.41) is 3.85. The van der Waals surface area contributed by atoms with Gasteiger partial charge in [-0.1, -0.05) is 43.0 Å². The van der Waals surface area contributed by atoms with Gasteiger partial charge in [-0.2, -0.15) is 0 Å². The van der Waals surface area contributed by atoms with Gasteiger partial charge in [0.15, 0.2) is 0 Å². The second-order valence-corrected chi connectivity index (χ2v) is 6.13. The lowest BCUT2D eigenvalue weighted by Crippen LogP contribution is -2.27. The molecule has 4 rings (SSSR count). The number of benzene rings is 2. The molecule has 2 heterocycles. The molecular formula is C21H17N3O2. The van der Waals surface area contributed by atoms with E-state index in [1.165, 1.54) is 0 Å². The number of hydrogen-bond donors (Lipinski definition) is 1. The molecule has 2 amide bonds. The minimum atomic E-state index is -0.167. The largest absolute Gasteiger partial charge is 0.324 e. The number of para-hydroxylation sites is 1. The van der Waals surface area contributed by atoms with E-state index in [1.54, 1.807) is 17.2 Å². The summed E-state index contributed by atoms with van der Waals surface area (Å²) >= 11 is 0. The predicted molar refractivity (Wildman–Crippen MR) is 102 cm³/mol. The second-order valence-electron chi connectivity index (χ2n) is 6.13. The fraction of sp³-hybridized carbons (Fsp3) is 0.0952. The maximum atomic E-state index is 12.5. The first-order chi connectivity index (χ1) is 12.6. The first-order valence-electron chi connectivity index (χ1n) is 8.39. The molecule has 1 aliphatic rings. The highest BCUT2D eigenvalue weighted by molar-refractivity contribution is 6.09. The van der Waals surface area contributed by atoms with E-state index in [1.807, 2.05) is 48.5 Å². The summed E-state index contributed by atoms with van der Waals surface area (Å²) in [6, 6.07) is 16.8. The summed E-state index contributed by atoms with van der Waals surface area (Å²) in [6.07, 6.45) is 1.88. The van der Waals surface area contributed by atoms with Crippen LogP contribution in [0.4, 0.5) is 5.69 Å². The SMILES string of the molecule is C=C1c2ccccc2C(=O)N1CCC(=O)Nc1cccc2cccnc12. The lowest BCUT2D eigenvalue weighted by Gasteiger charge is -2.17. The number of hydrogen-bond acceptors (Lipinski definition) is 3. The van der Waals surface area contributed by atoms with Gasteiger partial charge >= 0.3 is 0 Å². The van der Waals surface area contributed by atoms with Crippen molar-refractivity contribution in [3.63, 3.8) is 0 Å². The molecule has 0 atom stereocenters. The minimum Gasteiger partial charge on any atom is -0.324 e. The molecule has 0 fully saturated rings. The number of aromatic nitrogens is 1. The maximum Gasteiger partial charge on any atom is 0.258 e. The summed E-state index contributed by atoms with van der Waals surface area (Å²) in [7, 11) is 0. The fourth-order valence-electron chi connectivity index (χ4n) is 3.20. The molecule has 0 radical (unpaired) electrons. The van der Waals surface area contributed by atoms with Gasteiger partial charge in [0.25, 0.3) is 5.91 Å². The Bertz CT molecular complexity index is 1000. The zero-order valence-corrected chi connectivity index (χ0v) is 14.1. The normalized spacial score (nSPS) is 13.2. The minimum absolute atomic E-state index is 0.106. The summed E-state index contributed by atoms with van der Waals surface area (Å²) < 4.78 is 0. The third-order valence-corrected chi connectivity index (χ3v) is 4.51. The van der Waals surface area contributed by atoms with E-state index >= 15 is 0 Å². The van der Waals surface area contributed by atoms with E-state index in [0.717, 1.165) is 16.5 Å². The van der Waals surface area contributed by atoms with Crippen LogP contribution in [0.15, 0.2) is 67.4 Å². The highest BCUT2D eigenvalue weighted by Gasteiger charge is 2.30. The number of nitrogens with zero attached hydrogens (tertiary/aromatic N) is 2. The van der Waals surface area contributed by atoms with Crippen molar-refractivity contribution in [1.82, 2.24) is 9.88 Å². The van der Waals surface area contributed by atoms with Crippen LogP contribution in [-0.4, -0.2) is 28.2 Å². The Kier molecular flexibility index (Phi) is 3.97.